The molecule has 5 nitrogen and oxygen atoms in total. The van der Waals surface area contributed by atoms with Crippen molar-refractivity contribution >= 4 is 17.7 Å². The van der Waals surface area contributed by atoms with Crippen LogP contribution < -0.4 is 0 Å². The molecule has 1 atom stereocenters. The molecule has 1 amide bonds. The van der Waals surface area contributed by atoms with Gasteiger partial charge in [0.15, 0.2) is 0 Å². The average Bonchev–Trinajstić information content (AvgIpc) is 3.03. The molecule has 1 fully saturated rings. The highest BCUT2D eigenvalue weighted by Gasteiger charge is 2.26. The largest absolute Gasteiger partial charge is 0.468 e. The molecular formula is C15H19N3O2S. The van der Waals surface area contributed by atoms with E-state index in [0.29, 0.717) is 5.25 Å². The Morgan fingerprint density at radius 2 is 2.33 bits per heavy atom. The molecule has 1 aliphatic heterocycles. The van der Waals surface area contributed by atoms with Crippen molar-refractivity contribution in [3.63, 3.8) is 0 Å². The number of carbonyl (C=O) groups is 1. The van der Waals surface area contributed by atoms with Gasteiger partial charge in [-0.3, -0.25) is 9.89 Å². The maximum Gasteiger partial charge on any atom is 0.257 e. The fourth-order valence-electron chi connectivity index (χ4n) is 2.70. The van der Waals surface area contributed by atoms with Gasteiger partial charge in [0.1, 0.15) is 5.76 Å². The van der Waals surface area contributed by atoms with Crippen molar-refractivity contribution in [2.75, 3.05) is 18.8 Å². The molecule has 1 unspecified atom stereocenters. The number of rotatable bonds is 2. The number of nitrogens with zero attached hydrogens (tertiary/aromatic N) is 2. The molecule has 2 aromatic heterocycles. The second-order valence-electron chi connectivity index (χ2n) is 5.26. The lowest BCUT2D eigenvalue weighted by Gasteiger charge is -2.20. The van der Waals surface area contributed by atoms with Crippen LogP contribution in [-0.4, -0.2) is 39.8 Å². The summed E-state index contributed by atoms with van der Waals surface area (Å²) in [6.45, 7) is 5.28. The van der Waals surface area contributed by atoms with E-state index in [-0.39, 0.29) is 5.91 Å². The van der Waals surface area contributed by atoms with Crippen LogP contribution in [0.3, 0.4) is 0 Å². The Morgan fingerprint density at radius 1 is 1.48 bits per heavy atom. The predicted molar refractivity (Wildman–Crippen MR) is 82.5 cm³/mol. The van der Waals surface area contributed by atoms with Gasteiger partial charge in [-0.25, -0.2) is 0 Å². The summed E-state index contributed by atoms with van der Waals surface area (Å²) in [6, 6.07) is 3.93. The van der Waals surface area contributed by atoms with Crippen molar-refractivity contribution in [2.45, 2.75) is 25.5 Å². The van der Waals surface area contributed by atoms with E-state index in [2.05, 4.69) is 10.2 Å². The molecule has 0 spiro atoms. The summed E-state index contributed by atoms with van der Waals surface area (Å²) in [6.07, 6.45) is 2.63. The van der Waals surface area contributed by atoms with Crippen molar-refractivity contribution in [3.8, 4) is 0 Å². The Kier molecular flexibility index (Phi) is 4.05. The molecule has 0 saturated carbocycles. The number of nitrogens with one attached hydrogen (secondary N) is 1. The van der Waals surface area contributed by atoms with Crippen LogP contribution in [-0.2, 0) is 0 Å². The van der Waals surface area contributed by atoms with Crippen LogP contribution >= 0.6 is 11.8 Å². The normalized spacial score (nSPS) is 19.5. The van der Waals surface area contributed by atoms with Crippen LogP contribution in [0.1, 0.15) is 39.2 Å². The van der Waals surface area contributed by atoms with Gasteiger partial charge >= 0.3 is 0 Å². The molecule has 3 rings (SSSR count). The van der Waals surface area contributed by atoms with Gasteiger partial charge in [-0.2, -0.15) is 5.10 Å². The topological polar surface area (TPSA) is 62.1 Å². The molecule has 3 heterocycles. The van der Waals surface area contributed by atoms with E-state index in [1.165, 1.54) is 0 Å². The SMILES string of the molecule is Cc1n[nH]c(C)c1C(=O)N1CCSC(c2ccco2)CC1. The summed E-state index contributed by atoms with van der Waals surface area (Å²) < 4.78 is 5.50. The Labute approximate surface area is 128 Å². The standard InChI is InChI=1S/C15H19N3O2S/c1-10-14(11(2)17-16-10)15(19)18-6-5-13(21-9-7-18)12-4-3-8-20-12/h3-4,8,13H,5-7,9H2,1-2H3,(H,16,17). The summed E-state index contributed by atoms with van der Waals surface area (Å²) in [4.78, 5) is 14.6. The van der Waals surface area contributed by atoms with Gasteiger partial charge in [0.25, 0.3) is 5.91 Å². The van der Waals surface area contributed by atoms with Gasteiger partial charge in [-0.15, -0.1) is 11.8 Å². The molecule has 21 heavy (non-hydrogen) atoms. The first-order valence-electron chi connectivity index (χ1n) is 7.12. The van der Waals surface area contributed by atoms with Crippen molar-refractivity contribution in [1.29, 1.82) is 0 Å². The van der Waals surface area contributed by atoms with Gasteiger partial charge in [-0.05, 0) is 32.4 Å². The van der Waals surface area contributed by atoms with Crippen LogP contribution in [0.15, 0.2) is 22.8 Å². The van der Waals surface area contributed by atoms with Gasteiger partial charge in [0, 0.05) is 24.5 Å². The third kappa shape index (κ3) is 2.85. The Bertz CT molecular complexity index is 601. The third-order valence-electron chi connectivity index (χ3n) is 3.83. The summed E-state index contributed by atoms with van der Waals surface area (Å²) in [5, 5.41) is 7.34. The quantitative estimate of drug-likeness (QED) is 0.926. The molecule has 0 bridgehead atoms. The highest BCUT2D eigenvalue weighted by atomic mass is 32.2. The van der Waals surface area contributed by atoms with Crippen LogP contribution in [0.25, 0.3) is 0 Å². The van der Waals surface area contributed by atoms with Crippen molar-refractivity contribution in [1.82, 2.24) is 15.1 Å². The summed E-state index contributed by atoms with van der Waals surface area (Å²) >= 11 is 1.86. The van der Waals surface area contributed by atoms with Crippen molar-refractivity contribution < 1.29 is 9.21 Å². The highest BCUT2D eigenvalue weighted by molar-refractivity contribution is 7.99. The van der Waals surface area contributed by atoms with Crippen molar-refractivity contribution in [3.05, 3.63) is 41.1 Å². The van der Waals surface area contributed by atoms with Crippen LogP contribution in [0.5, 0.6) is 0 Å². The van der Waals surface area contributed by atoms with Gasteiger partial charge in [0.2, 0.25) is 0 Å². The van der Waals surface area contributed by atoms with E-state index in [0.717, 1.165) is 48.0 Å². The van der Waals surface area contributed by atoms with E-state index < -0.39 is 0 Å². The molecule has 1 N–H and O–H groups in total. The molecule has 0 aliphatic carbocycles. The maximum absolute atomic E-state index is 12.7. The summed E-state index contributed by atoms with van der Waals surface area (Å²) in [7, 11) is 0. The minimum atomic E-state index is 0.0828. The molecular weight excluding hydrogens is 286 g/mol. The molecule has 112 valence electrons. The third-order valence-corrected chi connectivity index (χ3v) is 5.12. The number of thioether (sulfide) groups is 1. The first-order valence-corrected chi connectivity index (χ1v) is 8.17. The zero-order chi connectivity index (χ0) is 14.8. The van der Waals surface area contributed by atoms with Crippen LogP contribution in [0, 0.1) is 13.8 Å². The monoisotopic (exact) mass is 305 g/mol. The molecule has 1 aliphatic rings. The smallest absolute Gasteiger partial charge is 0.257 e. The molecule has 1 saturated heterocycles. The number of amides is 1. The Morgan fingerprint density at radius 3 is 3.00 bits per heavy atom. The number of hydrogen-bond donors (Lipinski definition) is 1. The van der Waals surface area contributed by atoms with Gasteiger partial charge in [0.05, 0.1) is 22.8 Å². The van der Waals surface area contributed by atoms with E-state index >= 15 is 0 Å². The van der Waals surface area contributed by atoms with Crippen LogP contribution in [0.4, 0.5) is 0 Å². The van der Waals surface area contributed by atoms with Crippen molar-refractivity contribution in [2.24, 2.45) is 0 Å². The van der Waals surface area contributed by atoms with E-state index in [9.17, 15) is 4.79 Å². The lowest BCUT2D eigenvalue weighted by atomic mass is 10.1. The number of aromatic nitrogens is 2. The van der Waals surface area contributed by atoms with E-state index in [4.69, 9.17) is 4.42 Å². The minimum Gasteiger partial charge on any atom is -0.468 e. The average molecular weight is 305 g/mol. The van der Waals surface area contributed by atoms with Gasteiger partial charge < -0.3 is 9.32 Å². The first kappa shape index (κ1) is 14.3. The number of furan rings is 1. The Hall–Kier alpha value is -1.69. The minimum absolute atomic E-state index is 0.0828. The lowest BCUT2D eigenvalue weighted by molar-refractivity contribution is 0.0764. The summed E-state index contributed by atoms with van der Waals surface area (Å²) in [5.74, 6) is 2.01. The lowest BCUT2D eigenvalue weighted by Crippen LogP contribution is -2.33. The number of hydrogen-bond acceptors (Lipinski definition) is 4. The van der Waals surface area contributed by atoms with Crippen LogP contribution in [0.2, 0.25) is 0 Å². The maximum atomic E-state index is 12.7. The molecule has 2 aromatic rings. The van der Waals surface area contributed by atoms with E-state index in [1.54, 1.807) is 6.26 Å². The predicted octanol–water partition coefficient (Wildman–Crippen LogP) is 2.94. The van der Waals surface area contributed by atoms with Gasteiger partial charge in [-0.1, -0.05) is 0 Å². The van der Waals surface area contributed by atoms with E-state index in [1.807, 2.05) is 42.6 Å². The zero-order valence-electron chi connectivity index (χ0n) is 12.3. The Balaban J connectivity index is 1.72. The zero-order valence-corrected chi connectivity index (χ0v) is 13.1. The number of aryl methyl sites for hydroxylation is 2. The fraction of sp³-hybridized carbons (Fsp3) is 0.467. The number of H-pyrrole nitrogens is 1. The molecule has 0 aromatic carbocycles. The highest BCUT2D eigenvalue weighted by Crippen LogP contribution is 2.34. The molecule has 0 radical (unpaired) electrons. The second-order valence-corrected chi connectivity index (χ2v) is 6.58. The summed E-state index contributed by atoms with van der Waals surface area (Å²) in [5.41, 5.74) is 2.34. The second kappa shape index (κ2) is 5.97. The molecule has 6 heteroatoms. The number of aromatic amines is 1. The number of carbonyl (C=O) groups excluding carboxylic acids is 1. The first-order chi connectivity index (χ1) is 10.2. The fourth-order valence-corrected chi connectivity index (χ4v) is 3.88.